The van der Waals surface area contributed by atoms with Crippen molar-refractivity contribution in [2.24, 2.45) is 5.14 Å². The van der Waals surface area contributed by atoms with Crippen molar-refractivity contribution in [3.8, 4) is 0 Å². The molecule has 8 heteroatoms. The summed E-state index contributed by atoms with van der Waals surface area (Å²) in [6.45, 7) is 0. The number of rotatable bonds is 5. The van der Waals surface area contributed by atoms with Crippen molar-refractivity contribution in [2.75, 3.05) is 5.32 Å². The first-order chi connectivity index (χ1) is 11.5. The summed E-state index contributed by atoms with van der Waals surface area (Å²) in [5.41, 5.74) is 2.04. The second-order valence-corrected chi connectivity index (χ2v) is 6.48. The van der Waals surface area contributed by atoms with E-state index in [9.17, 15) is 13.2 Å². The number of primary sulfonamides is 1. The minimum atomic E-state index is -3.74. The number of allylic oxidation sites excluding steroid dienone is 1. The Kier molecular flexibility index (Phi) is 4.15. The Labute approximate surface area is 137 Å². The number of nitrogens with two attached hydrogens (primary N) is 1. The summed E-state index contributed by atoms with van der Waals surface area (Å²) in [5.74, 6) is 0.194. The van der Waals surface area contributed by atoms with Crippen molar-refractivity contribution in [3.63, 3.8) is 0 Å². The van der Waals surface area contributed by atoms with Crippen molar-refractivity contribution < 1.29 is 17.6 Å². The van der Waals surface area contributed by atoms with E-state index in [0.29, 0.717) is 23.1 Å². The van der Waals surface area contributed by atoms with Gasteiger partial charge < -0.3 is 9.73 Å². The zero-order valence-electron chi connectivity index (χ0n) is 12.3. The number of carbonyl (C=O) groups is 1. The Morgan fingerprint density at radius 2 is 1.83 bits per heavy atom. The van der Waals surface area contributed by atoms with Crippen LogP contribution in [0.4, 0.5) is 5.69 Å². The Bertz CT molecular complexity index is 988. The smallest absolute Gasteiger partial charge is 0.238 e. The quantitative estimate of drug-likeness (QED) is 0.541. The SMILES string of the molecule is NS(=O)(=O)c1ccc(N/C=C(\C=O)c2nc3ccccc3o2)cc1. The van der Waals surface area contributed by atoms with Gasteiger partial charge in [-0.05, 0) is 36.4 Å². The molecule has 0 radical (unpaired) electrons. The van der Waals surface area contributed by atoms with Gasteiger partial charge in [0.1, 0.15) is 5.52 Å². The average Bonchev–Trinajstić information content (AvgIpc) is 2.99. The van der Waals surface area contributed by atoms with Gasteiger partial charge in [-0.15, -0.1) is 0 Å². The van der Waals surface area contributed by atoms with Gasteiger partial charge in [0.15, 0.2) is 11.9 Å². The van der Waals surface area contributed by atoms with Crippen LogP contribution < -0.4 is 10.5 Å². The molecule has 122 valence electrons. The zero-order valence-corrected chi connectivity index (χ0v) is 13.2. The fourth-order valence-electron chi connectivity index (χ4n) is 2.04. The molecule has 1 aromatic heterocycles. The molecule has 7 nitrogen and oxygen atoms in total. The van der Waals surface area contributed by atoms with Crippen molar-refractivity contribution in [1.29, 1.82) is 0 Å². The Balaban J connectivity index is 1.84. The maximum atomic E-state index is 11.3. The van der Waals surface area contributed by atoms with E-state index < -0.39 is 10.0 Å². The number of nitrogens with one attached hydrogen (secondary N) is 1. The van der Waals surface area contributed by atoms with Crippen LogP contribution in [0.25, 0.3) is 16.7 Å². The van der Waals surface area contributed by atoms with Gasteiger partial charge in [-0.3, -0.25) is 4.79 Å². The van der Waals surface area contributed by atoms with E-state index in [1.165, 1.54) is 30.5 Å². The fraction of sp³-hybridized carbons (Fsp3) is 0. The van der Waals surface area contributed by atoms with E-state index >= 15 is 0 Å². The molecule has 3 N–H and O–H groups in total. The molecule has 0 fully saturated rings. The van der Waals surface area contributed by atoms with Gasteiger partial charge in [-0.25, -0.2) is 18.5 Å². The van der Waals surface area contributed by atoms with Crippen LogP contribution in [-0.2, 0) is 14.8 Å². The molecule has 3 aromatic rings. The second-order valence-electron chi connectivity index (χ2n) is 4.92. The van der Waals surface area contributed by atoms with Crippen LogP contribution in [0.5, 0.6) is 0 Å². The lowest BCUT2D eigenvalue weighted by molar-refractivity contribution is -0.103. The van der Waals surface area contributed by atoms with Crippen LogP contribution in [0.2, 0.25) is 0 Å². The number of aldehydes is 1. The molecule has 0 aliphatic heterocycles. The number of para-hydroxylation sites is 2. The number of aromatic nitrogens is 1. The van der Waals surface area contributed by atoms with E-state index in [1.54, 1.807) is 12.1 Å². The summed E-state index contributed by atoms with van der Waals surface area (Å²) >= 11 is 0. The predicted molar refractivity (Wildman–Crippen MR) is 89.5 cm³/mol. The highest BCUT2D eigenvalue weighted by Gasteiger charge is 2.10. The molecule has 0 aliphatic rings. The van der Waals surface area contributed by atoms with Gasteiger partial charge in [-0.1, -0.05) is 12.1 Å². The van der Waals surface area contributed by atoms with E-state index in [1.807, 2.05) is 12.1 Å². The third-order valence-corrected chi connectivity index (χ3v) is 4.17. The average molecular weight is 343 g/mol. The van der Waals surface area contributed by atoms with E-state index in [0.717, 1.165) is 0 Å². The summed E-state index contributed by atoms with van der Waals surface area (Å²) in [6.07, 6.45) is 2.06. The number of oxazole rings is 1. The summed E-state index contributed by atoms with van der Waals surface area (Å²) in [7, 11) is -3.74. The van der Waals surface area contributed by atoms with Gasteiger partial charge >= 0.3 is 0 Å². The van der Waals surface area contributed by atoms with Crippen LogP contribution in [0.3, 0.4) is 0 Å². The highest BCUT2D eigenvalue weighted by molar-refractivity contribution is 7.89. The minimum absolute atomic E-state index is 0.00610. The van der Waals surface area contributed by atoms with Crippen molar-refractivity contribution in [1.82, 2.24) is 4.98 Å². The molecule has 0 saturated heterocycles. The molecule has 1 heterocycles. The van der Waals surface area contributed by atoms with Crippen molar-refractivity contribution in [2.45, 2.75) is 4.90 Å². The number of sulfonamides is 1. The number of nitrogens with zero attached hydrogens (tertiary/aromatic N) is 1. The lowest BCUT2D eigenvalue weighted by atomic mass is 10.3. The number of carbonyl (C=O) groups excluding carboxylic acids is 1. The largest absolute Gasteiger partial charge is 0.436 e. The van der Waals surface area contributed by atoms with E-state index in [4.69, 9.17) is 9.56 Å². The Hall–Kier alpha value is -2.97. The van der Waals surface area contributed by atoms with Gasteiger partial charge in [0.2, 0.25) is 15.9 Å². The van der Waals surface area contributed by atoms with Crippen LogP contribution in [0, 0.1) is 0 Å². The molecule has 0 atom stereocenters. The maximum absolute atomic E-state index is 11.3. The molecule has 0 unspecified atom stereocenters. The number of hydrogen-bond acceptors (Lipinski definition) is 6. The summed E-state index contributed by atoms with van der Waals surface area (Å²) < 4.78 is 27.9. The third kappa shape index (κ3) is 3.34. The summed E-state index contributed by atoms with van der Waals surface area (Å²) in [4.78, 5) is 15.5. The molecule has 0 saturated carbocycles. The molecule has 0 amide bonds. The van der Waals surface area contributed by atoms with Crippen LogP contribution >= 0.6 is 0 Å². The zero-order chi connectivity index (χ0) is 17.2. The minimum Gasteiger partial charge on any atom is -0.436 e. The second kappa shape index (κ2) is 6.26. The van der Waals surface area contributed by atoms with Gasteiger partial charge in [0, 0.05) is 11.9 Å². The van der Waals surface area contributed by atoms with E-state index in [2.05, 4.69) is 10.3 Å². The standard InChI is InChI=1S/C16H13N3O4S/c17-24(21,22)13-7-5-12(6-8-13)18-9-11(10-20)16-19-14-3-1-2-4-15(14)23-16/h1-10,18H,(H2,17,21,22)/b11-9+. The first kappa shape index (κ1) is 15.9. The van der Waals surface area contributed by atoms with Gasteiger partial charge in [0.05, 0.1) is 10.5 Å². The molecule has 0 bridgehead atoms. The Morgan fingerprint density at radius 1 is 1.12 bits per heavy atom. The predicted octanol–water partition coefficient (Wildman–Crippen LogP) is 2.13. The van der Waals surface area contributed by atoms with Crippen LogP contribution in [0.1, 0.15) is 5.89 Å². The monoisotopic (exact) mass is 343 g/mol. The topological polar surface area (TPSA) is 115 Å². The fourth-order valence-corrected chi connectivity index (χ4v) is 2.56. The normalized spacial score (nSPS) is 12.3. The Morgan fingerprint density at radius 3 is 2.46 bits per heavy atom. The number of anilines is 1. The number of benzene rings is 2. The molecule has 3 rings (SSSR count). The molecule has 0 spiro atoms. The lowest BCUT2D eigenvalue weighted by Crippen LogP contribution is -2.11. The highest BCUT2D eigenvalue weighted by Crippen LogP contribution is 2.20. The van der Waals surface area contributed by atoms with Gasteiger partial charge in [0.25, 0.3) is 0 Å². The van der Waals surface area contributed by atoms with Crippen molar-refractivity contribution in [3.05, 3.63) is 60.6 Å². The van der Waals surface area contributed by atoms with Crippen molar-refractivity contribution >= 4 is 38.7 Å². The lowest BCUT2D eigenvalue weighted by Gasteiger charge is -2.03. The first-order valence-corrected chi connectivity index (χ1v) is 8.43. The van der Waals surface area contributed by atoms with Crippen LogP contribution in [0.15, 0.2) is 64.0 Å². The summed E-state index contributed by atoms with van der Waals surface area (Å²) in [6, 6.07) is 13.0. The number of hydrogen-bond donors (Lipinski definition) is 2. The molecule has 24 heavy (non-hydrogen) atoms. The highest BCUT2D eigenvalue weighted by atomic mass is 32.2. The third-order valence-electron chi connectivity index (χ3n) is 3.24. The molecular formula is C16H13N3O4S. The molecular weight excluding hydrogens is 330 g/mol. The van der Waals surface area contributed by atoms with E-state index in [-0.39, 0.29) is 16.4 Å². The first-order valence-electron chi connectivity index (χ1n) is 6.88. The molecule has 0 aliphatic carbocycles. The molecule has 2 aromatic carbocycles. The van der Waals surface area contributed by atoms with Gasteiger partial charge in [-0.2, -0.15) is 0 Å². The number of fused-ring (bicyclic) bond motifs is 1. The summed E-state index contributed by atoms with van der Waals surface area (Å²) in [5, 5.41) is 7.92. The van der Waals surface area contributed by atoms with Crippen LogP contribution in [-0.4, -0.2) is 19.7 Å². The maximum Gasteiger partial charge on any atom is 0.238 e.